The Bertz CT molecular complexity index is 576. The predicted octanol–water partition coefficient (Wildman–Crippen LogP) is 3.20. The molecular weight excluding hydrogens is 340 g/mol. The van der Waals surface area contributed by atoms with Crippen molar-refractivity contribution >= 4 is 33.3 Å². The van der Waals surface area contributed by atoms with Crippen LogP contribution >= 0.6 is 15.9 Å². The topological polar surface area (TPSA) is 72.7 Å². The highest BCUT2D eigenvalue weighted by molar-refractivity contribution is 9.10. The average Bonchev–Trinajstić information content (AvgIpc) is 2.48. The maximum Gasteiger partial charge on any atom is 0.328 e. The first-order valence-electron chi connectivity index (χ1n) is 6.74. The summed E-state index contributed by atoms with van der Waals surface area (Å²) < 4.78 is 5.49. The predicted molar refractivity (Wildman–Crippen MR) is 82.5 cm³/mol. The van der Waals surface area contributed by atoms with Crippen molar-refractivity contribution in [2.45, 2.75) is 32.2 Å². The Kier molecular flexibility index (Phi) is 4.82. The molecule has 0 bridgehead atoms. The summed E-state index contributed by atoms with van der Waals surface area (Å²) in [5.41, 5.74) is 1.44. The molecule has 1 aromatic rings. The van der Waals surface area contributed by atoms with Crippen LogP contribution in [-0.4, -0.2) is 30.6 Å². The lowest BCUT2D eigenvalue weighted by Gasteiger charge is -2.36. The number of nitrogens with zero attached hydrogens (tertiary/aromatic N) is 2. The Morgan fingerprint density at radius 1 is 1.48 bits per heavy atom. The molecule has 1 saturated heterocycles. The number of piperidine rings is 1. The Morgan fingerprint density at radius 2 is 2.19 bits per heavy atom. The SMILES string of the molecule is COC(=O)C1CCCCN1c1cc(C)c([N+](=O)[O-])cc1Br. The lowest BCUT2D eigenvalue weighted by molar-refractivity contribution is -0.385. The number of carbonyl (C=O) groups is 1. The van der Waals surface area contributed by atoms with Gasteiger partial charge in [0.25, 0.3) is 5.69 Å². The zero-order valence-electron chi connectivity index (χ0n) is 12.0. The molecule has 0 aliphatic carbocycles. The van der Waals surface area contributed by atoms with Crippen LogP contribution in [0, 0.1) is 17.0 Å². The molecule has 1 aromatic carbocycles. The molecule has 0 spiro atoms. The van der Waals surface area contributed by atoms with Crippen molar-refractivity contribution < 1.29 is 14.5 Å². The molecule has 7 heteroatoms. The summed E-state index contributed by atoms with van der Waals surface area (Å²) in [6.07, 6.45) is 2.69. The number of nitro benzene ring substituents is 1. The second-order valence-corrected chi connectivity index (χ2v) is 5.93. The highest BCUT2D eigenvalue weighted by atomic mass is 79.9. The number of nitro groups is 1. The molecule has 2 rings (SSSR count). The van der Waals surface area contributed by atoms with Crippen molar-refractivity contribution in [1.29, 1.82) is 0 Å². The van der Waals surface area contributed by atoms with E-state index in [9.17, 15) is 14.9 Å². The monoisotopic (exact) mass is 356 g/mol. The Hall–Kier alpha value is -1.63. The van der Waals surface area contributed by atoms with Gasteiger partial charge in [0.1, 0.15) is 6.04 Å². The van der Waals surface area contributed by atoms with Crippen LogP contribution in [0.5, 0.6) is 0 Å². The fourth-order valence-corrected chi connectivity index (χ4v) is 3.23. The van der Waals surface area contributed by atoms with Crippen LogP contribution in [0.4, 0.5) is 11.4 Å². The molecule has 6 nitrogen and oxygen atoms in total. The van der Waals surface area contributed by atoms with Crippen molar-refractivity contribution in [2.24, 2.45) is 0 Å². The first-order chi connectivity index (χ1) is 9.95. The number of rotatable bonds is 3. The standard InChI is InChI=1S/C14H17BrN2O4/c1-9-7-13(10(15)8-12(9)17(19)20)16-6-4-3-5-11(16)14(18)21-2/h7-8,11H,3-6H2,1-2H3. The number of esters is 1. The number of halogens is 1. The molecule has 21 heavy (non-hydrogen) atoms. The lowest BCUT2D eigenvalue weighted by Crippen LogP contribution is -2.45. The van der Waals surface area contributed by atoms with Crippen LogP contribution in [0.3, 0.4) is 0 Å². The van der Waals surface area contributed by atoms with Gasteiger partial charge in [0.05, 0.1) is 17.7 Å². The van der Waals surface area contributed by atoms with E-state index in [4.69, 9.17) is 4.74 Å². The number of benzene rings is 1. The maximum atomic E-state index is 11.9. The molecule has 1 aliphatic rings. The van der Waals surface area contributed by atoms with E-state index in [2.05, 4.69) is 15.9 Å². The number of hydrogen-bond donors (Lipinski definition) is 0. The third kappa shape index (κ3) is 3.18. The van der Waals surface area contributed by atoms with Gasteiger partial charge in [-0.1, -0.05) is 0 Å². The smallest absolute Gasteiger partial charge is 0.328 e. The second-order valence-electron chi connectivity index (χ2n) is 5.08. The zero-order chi connectivity index (χ0) is 15.6. The Labute approximate surface area is 131 Å². The van der Waals surface area contributed by atoms with E-state index in [0.717, 1.165) is 31.5 Å². The second kappa shape index (κ2) is 6.43. The van der Waals surface area contributed by atoms with E-state index < -0.39 is 4.92 Å². The van der Waals surface area contributed by atoms with Crippen molar-refractivity contribution in [2.75, 3.05) is 18.6 Å². The lowest BCUT2D eigenvalue weighted by atomic mass is 10.0. The van der Waals surface area contributed by atoms with Gasteiger partial charge in [0.2, 0.25) is 0 Å². The molecule has 1 heterocycles. The summed E-state index contributed by atoms with van der Waals surface area (Å²) in [5, 5.41) is 11.0. The van der Waals surface area contributed by atoms with E-state index in [-0.39, 0.29) is 17.7 Å². The minimum Gasteiger partial charge on any atom is -0.467 e. The van der Waals surface area contributed by atoms with Crippen LogP contribution in [0.2, 0.25) is 0 Å². The summed E-state index contributed by atoms with van der Waals surface area (Å²) >= 11 is 3.39. The van der Waals surface area contributed by atoms with Gasteiger partial charge in [-0.2, -0.15) is 0 Å². The summed E-state index contributed by atoms with van der Waals surface area (Å²) in [5.74, 6) is -0.266. The quantitative estimate of drug-likeness (QED) is 0.472. The number of aryl methyl sites for hydroxylation is 1. The average molecular weight is 357 g/mol. The largest absolute Gasteiger partial charge is 0.467 e. The van der Waals surface area contributed by atoms with Gasteiger partial charge in [-0.05, 0) is 48.2 Å². The molecule has 0 N–H and O–H groups in total. The van der Waals surface area contributed by atoms with Crippen LogP contribution < -0.4 is 4.90 Å². The summed E-state index contributed by atoms with van der Waals surface area (Å²) in [6, 6.07) is 2.91. The number of methoxy groups -OCH3 is 1. The van der Waals surface area contributed by atoms with Gasteiger partial charge >= 0.3 is 5.97 Å². The van der Waals surface area contributed by atoms with Crippen LogP contribution in [0.15, 0.2) is 16.6 Å². The number of carbonyl (C=O) groups excluding carboxylic acids is 1. The summed E-state index contributed by atoms with van der Waals surface area (Å²) in [4.78, 5) is 24.5. The first kappa shape index (κ1) is 15.8. The van der Waals surface area contributed by atoms with Crippen molar-refractivity contribution in [1.82, 2.24) is 0 Å². The fraction of sp³-hybridized carbons (Fsp3) is 0.500. The fourth-order valence-electron chi connectivity index (χ4n) is 2.67. The third-order valence-corrected chi connectivity index (χ3v) is 4.38. The van der Waals surface area contributed by atoms with Gasteiger partial charge in [0.15, 0.2) is 0 Å². The maximum absolute atomic E-state index is 11.9. The molecular formula is C14H17BrN2O4. The molecule has 0 amide bonds. The Morgan fingerprint density at radius 3 is 2.81 bits per heavy atom. The van der Waals surface area contributed by atoms with Gasteiger partial charge in [-0.3, -0.25) is 10.1 Å². The van der Waals surface area contributed by atoms with E-state index in [1.54, 1.807) is 13.0 Å². The molecule has 1 unspecified atom stereocenters. The van der Waals surface area contributed by atoms with Crippen molar-refractivity contribution in [3.8, 4) is 0 Å². The minimum atomic E-state index is -0.405. The molecule has 0 radical (unpaired) electrons. The normalized spacial score (nSPS) is 18.4. The molecule has 0 aromatic heterocycles. The molecule has 0 saturated carbocycles. The molecule has 1 atom stereocenters. The van der Waals surface area contributed by atoms with Gasteiger partial charge < -0.3 is 9.64 Å². The number of ether oxygens (including phenoxy) is 1. The van der Waals surface area contributed by atoms with E-state index >= 15 is 0 Å². The van der Waals surface area contributed by atoms with Crippen LogP contribution in [0.25, 0.3) is 0 Å². The van der Waals surface area contributed by atoms with Crippen molar-refractivity contribution in [3.05, 3.63) is 32.3 Å². The number of hydrogen-bond acceptors (Lipinski definition) is 5. The van der Waals surface area contributed by atoms with E-state index in [1.165, 1.54) is 13.2 Å². The minimum absolute atomic E-state index is 0.0669. The van der Waals surface area contributed by atoms with Crippen LogP contribution in [-0.2, 0) is 9.53 Å². The number of anilines is 1. The Balaban J connectivity index is 2.41. The van der Waals surface area contributed by atoms with Gasteiger partial charge in [-0.15, -0.1) is 0 Å². The van der Waals surface area contributed by atoms with Gasteiger partial charge in [0, 0.05) is 22.6 Å². The molecule has 1 fully saturated rings. The summed E-state index contributed by atoms with van der Waals surface area (Å²) in [7, 11) is 1.38. The highest BCUT2D eigenvalue weighted by Crippen LogP contribution is 2.36. The van der Waals surface area contributed by atoms with Crippen LogP contribution in [0.1, 0.15) is 24.8 Å². The van der Waals surface area contributed by atoms with E-state index in [1.807, 2.05) is 4.90 Å². The van der Waals surface area contributed by atoms with Gasteiger partial charge in [-0.25, -0.2) is 4.79 Å². The highest BCUT2D eigenvalue weighted by Gasteiger charge is 2.31. The first-order valence-corrected chi connectivity index (χ1v) is 7.54. The summed E-state index contributed by atoms with van der Waals surface area (Å²) in [6.45, 7) is 2.43. The molecule has 114 valence electrons. The zero-order valence-corrected chi connectivity index (χ0v) is 13.6. The molecule has 1 aliphatic heterocycles. The van der Waals surface area contributed by atoms with E-state index in [0.29, 0.717) is 10.0 Å². The van der Waals surface area contributed by atoms with Crippen molar-refractivity contribution in [3.63, 3.8) is 0 Å². The third-order valence-electron chi connectivity index (χ3n) is 3.75.